The van der Waals surface area contributed by atoms with Gasteiger partial charge in [0.05, 0.1) is 7.11 Å². The summed E-state index contributed by atoms with van der Waals surface area (Å²) < 4.78 is 4.77. The van der Waals surface area contributed by atoms with E-state index in [2.05, 4.69) is 16.4 Å². The number of hydrogen-bond donors (Lipinski definition) is 1. The fraction of sp³-hybridized carbons (Fsp3) is 0.267. The number of halogens is 1. The Hall–Kier alpha value is -1.97. The van der Waals surface area contributed by atoms with Crippen LogP contribution in [0, 0.1) is 17.2 Å². The van der Waals surface area contributed by atoms with E-state index in [-0.39, 0.29) is 5.17 Å². The number of anilines is 1. The molecule has 1 aromatic carbocycles. The number of dihydropyridines is 1. The Morgan fingerprint density at radius 1 is 1.59 bits per heavy atom. The lowest BCUT2D eigenvalue weighted by Gasteiger charge is -2.31. The van der Waals surface area contributed by atoms with Crippen molar-refractivity contribution in [2.45, 2.75) is 10.6 Å². The summed E-state index contributed by atoms with van der Waals surface area (Å²) in [6, 6.07) is 9.54. The fourth-order valence-electron chi connectivity index (χ4n) is 2.12. The summed E-state index contributed by atoms with van der Waals surface area (Å²) >= 11 is 7.51. The van der Waals surface area contributed by atoms with Gasteiger partial charge in [-0.2, -0.15) is 5.26 Å². The number of allylic oxidation sites excluding steroid dienone is 1. The molecule has 22 heavy (non-hydrogen) atoms. The van der Waals surface area contributed by atoms with Crippen LogP contribution in [0.5, 0.6) is 0 Å². The molecule has 1 heterocycles. The maximum Gasteiger partial charge on any atom is 0.318 e. The number of carbonyl (C=O) groups is 1. The number of rotatable bonds is 4. The van der Waals surface area contributed by atoms with E-state index >= 15 is 0 Å². The van der Waals surface area contributed by atoms with Gasteiger partial charge in [0.2, 0.25) is 5.66 Å². The third kappa shape index (κ3) is 3.26. The fourth-order valence-corrected chi connectivity index (χ4v) is 2.78. The summed E-state index contributed by atoms with van der Waals surface area (Å²) in [6.07, 6.45) is 4.96. The van der Waals surface area contributed by atoms with Crippen LogP contribution in [0.1, 0.15) is 0 Å². The minimum atomic E-state index is -1.53. The van der Waals surface area contributed by atoms with Gasteiger partial charge in [-0.15, -0.1) is 11.8 Å². The van der Waals surface area contributed by atoms with E-state index in [1.807, 2.05) is 24.5 Å². The first-order valence-corrected chi connectivity index (χ1v) is 8.00. The van der Waals surface area contributed by atoms with Gasteiger partial charge in [0.25, 0.3) is 0 Å². The predicted molar refractivity (Wildman–Crippen MR) is 88.1 cm³/mol. The number of nitrogens with zero attached hydrogens (tertiary/aromatic N) is 2. The van der Waals surface area contributed by atoms with Crippen molar-refractivity contribution in [3.05, 3.63) is 36.4 Å². The first-order chi connectivity index (χ1) is 10.5. The molecule has 2 rings (SSSR count). The number of nitrogens with one attached hydrogen (secondary N) is 1. The molecule has 2 atom stereocenters. The zero-order chi connectivity index (χ0) is 16.2. The normalized spacial score (nSPS) is 23.4. The lowest BCUT2D eigenvalue weighted by atomic mass is 9.91. The number of aliphatic imine (C=N–C) groups is 1. The van der Waals surface area contributed by atoms with E-state index in [1.54, 1.807) is 17.8 Å². The Morgan fingerprint density at radius 2 is 2.36 bits per heavy atom. The Bertz CT molecular complexity index is 684. The highest BCUT2D eigenvalue weighted by Gasteiger charge is 2.45. The van der Waals surface area contributed by atoms with Gasteiger partial charge in [-0.25, -0.2) is 4.99 Å². The second-order valence-electron chi connectivity index (χ2n) is 4.53. The molecule has 7 heteroatoms. The molecule has 0 amide bonds. The third-order valence-corrected chi connectivity index (χ3v) is 4.13. The molecule has 0 radical (unpaired) electrons. The van der Waals surface area contributed by atoms with Gasteiger partial charge in [-0.05, 0) is 30.5 Å². The van der Waals surface area contributed by atoms with Crippen molar-refractivity contribution in [1.29, 1.82) is 5.26 Å². The van der Waals surface area contributed by atoms with Crippen molar-refractivity contribution in [2.24, 2.45) is 10.9 Å². The highest BCUT2D eigenvalue weighted by atomic mass is 35.5. The van der Waals surface area contributed by atoms with E-state index < -0.39 is 17.6 Å². The molecule has 2 unspecified atom stereocenters. The minimum Gasteiger partial charge on any atom is -0.468 e. The Balaban J connectivity index is 2.42. The molecule has 114 valence electrons. The Morgan fingerprint density at radius 3 is 3.00 bits per heavy atom. The monoisotopic (exact) mass is 335 g/mol. The Labute approximate surface area is 138 Å². The van der Waals surface area contributed by atoms with Crippen molar-refractivity contribution in [1.82, 2.24) is 0 Å². The van der Waals surface area contributed by atoms with Gasteiger partial charge in [0.15, 0.2) is 0 Å². The largest absolute Gasteiger partial charge is 0.468 e. The van der Waals surface area contributed by atoms with Crippen LogP contribution >= 0.6 is 23.4 Å². The maximum atomic E-state index is 12.0. The van der Waals surface area contributed by atoms with Crippen molar-refractivity contribution in [3.63, 3.8) is 0 Å². The summed E-state index contributed by atoms with van der Waals surface area (Å²) in [5, 5.41) is 12.8. The molecular weight excluding hydrogens is 322 g/mol. The van der Waals surface area contributed by atoms with Crippen LogP contribution in [-0.2, 0) is 9.53 Å². The average molecular weight is 336 g/mol. The van der Waals surface area contributed by atoms with Gasteiger partial charge in [0.1, 0.15) is 17.2 Å². The van der Waals surface area contributed by atoms with Gasteiger partial charge < -0.3 is 10.1 Å². The summed E-state index contributed by atoms with van der Waals surface area (Å²) in [6.45, 7) is 0. The van der Waals surface area contributed by atoms with E-state index in [0.29, 0.717) is 5.69 Å². The zero-order valence-electron chi connectivity index (χ0n) is 12.0. The minimum absolute atomic E-state index is 0.148. The predicted octanol–water partition coefficient (Wildman–Crippen LogP) is 3.04. The molecule has 0 saturated heterocycles. The molecule has 0 aromatic heterocycles. The standard InChI is InChI=1S/C15H14ClN3O2S/c1-21-14(20)12-6-7-13(16)19-15(12,9-17)18-10-4-3-5-11(8-10)22-2/h3-8,12,18H,1-2H3. The molecular formula is C15H14ClN3O2S. The number of carbonyl (C=O) groups excluding carboxylic acids is 1. The quantitative estimate of drug-likeness (QED) is 0.676. The van der Waals surface area contributed by atoms with Crippen LogP contribution in [0.2, 0.25) is 0 Å². The lowest BCUT2D eigenvalue weighted by molar-refractivity contribution is -0.144. The number of methoxy groups -OCH3 is 1. The summed E-state index contributed by atoms with van der Waals surface area (Å²) in [4.78, 5) is 17.2. The van der Waals surface area contributed by atoms with E-state index in [4.69, 9.17) is 16.3 Å². The molecule has 0 saturated carbocycles. The molecule has 0 spiro atoms. The summed E-state index contributed by atoms with van der Waals surface area (Å²) in [5.41, 5.74) is -0.860. The highest BCUT2D eigenvalue weighted by Crippen LogP contribution is 2.31. The van der Waals surface area contributed by atoms with Gasteiger partial charge in [0, 0.05) is 10.6 Å². The Kier molecular flexibility index (Phi) is 5.11. The number of thioether (sulfide) groups is 1. The lowest BCUT2D eigenvalue weighted by Crippen LogP contribution is -2.47. The molecule has 1 N–H and O–H groups in total. The molecule has 5 nitrogen and oxygen atoms in total. The van der Waals surface area contributed by atoms with Gasteiger partial charge in [-0.3, -0.25) is 4.79 Å². The SMILES string of the molecule is COC(=O)C1C=CC(Cl)=NC1(C#N)Nc1cccc(SC)c1. The average Bonchev–Trinajstić information content (AvgIpc) is 2.54. The van der Waals surface area contributed by atoms with Crippen LogP contribution in [0.4, 0.5) is 5.69 Å². The molecule has 0 fully saturated rings. The molecule has 1 aromatic rings. The second kappa shape index (κ2) is 6.86. The van der Waals surface area contributed by atoms with Gasteiger partial charge >= 0.3 is 5.97 Å². The summed E-state index contributed by atoms with van der Waals surface area (Å²) in [5.74, 6) is -1.44. The van der Waals surface area contributed by atoms with E-state index in [9.17, 15) is 10.1 Å². The van der Waals surface area contributed by atoms with Crippen LogP contribution in [0.15, 0.2) is 46.3 Å². The highest BCUT2D eigenvalue weighted by molar-refractivity contribution is 7.98. The summed E-state index contributed by atoms with van der Waals surface area (Å²) in [7, 11) is 1.27. The van der Waals surface area contributed by atoms with E-state index in [0.717, 1.165) is 4.90 Å². The number of esters is 1. The van der Waals surface area contributed by atoms with Crippen LogP contribution < -0.4 is 5.32 Å². The van der Waals surface area contributed by atoms with Crippen LogP contribution in [0.25, 0.3) is 0 Å². The first kappa shape index (κ1) is 16.4. The third-order valence-electron chi connectivity index (χ3n) is 3.19. The number of nitriles is 1. The van der Waals surface area contributed by atoms with Crippen LogP contribution in [0.3, 0.4) is 0 Å². The maximum absolute atomic E-state index is 12.0. The zero-order valence-corrected chi connectivity index (χ0v) is 13.6. The molecule has 0 aliphatic carbocycles. The topological polar surface area (TPSA) is 74.5 Å². The van der Waals surface area contributed by atoms with Crippen molar-refractivity contribution >= 4 is 40.2 Å². The van der Waals surface area contributed by atoms with Crippen molar-refractivity contribution in [2.75, 3.05) is 18.7 Å². The van der Waals surface area contributed by atoms with E-state index in [1.165, 1.54) is 19.3 Å². The van der Waals surface area contributed by atoms with Crippen molar-refractivity contribution in [3.8, 4) is 6.07 Å². The molecule has 1 aliphatic rings. The molecule has 0 bridgehead atoms. The first-order valence-electron chi connectivity index (χ1n) is 6.39. The van der Waals surface area contributed by atoms with Crippen LogP contribution in [-0.4, -0.2) is 30.2 Å². The molecule has 1 aliphatic heterocycles. The number of hydrogen-bond acceptors (Lipinski definition) is 6. The number of benzene rings is 1. The van der Waals surface area contributed by atoms with Gasteiger partial charge in [-0.1, -0.05) is 23.7 Å². The number of ether oxygens (including phenoxy) is 1. The van der Waals surface area contributed by atoms with Crippen molar-refractivity contribution < 1.29 is 9.53 Å². The second-order valence-corrected chi connectivity index (χ2v) is 5.80. The smallest absolute Gasteiger partial charge is 0.318 e.